The highest BCUT2D eigenvalue weighted by Crippen LogP contribution is 2.24. The molecule has 1 aromatic heterocycles. The molecule has 2 N–H and O–H groups in total. The number of fused-ring (bicyclic) bond motifs is 1. The first-order chi connectivity index (χ1) is 10.3. The zero-order valence-corrected chi connectivity index (χ0v) is 12.2. The molecule has 1 aliphatic rings. The van der Waals surface area contributed by atoms with Crippen molar-refractivity contribution in [1.29, 1.82) is 0 Å². The summed E-state index contributed by atoms with van der Waals surface area (Å²) < 4.78 is 1.70. The number of nitrogens with zero attached hydrogens (tertiary/aromatic N) is 2. The molecule has 0 atom stereocenters. The Balaban J connectivity index is 1.94. The van der Waals surface area contributed by atoms with Gasteiger partial charge in [0.2, 0.25) is 0 Å². The molecule has 0 aliphatic carbocycles. The van der Waals surface area contributed by atoms with E-state index in [1.54, 1.807) is 17.0 Å². The third-order valence-corrected chi connectivity index (χ3v) is 3.77. The minimum atomic E-state index is -0.0640. The van der Waals surface area contributed by atoms with Gasteiger partial charge in [-0.15, -0.1) is 0 Å². The molecule has 5 nitrogen and oxygen atoms in total. The van der Waals surface area contributed by atoms with E-state index in [0.717, 1.165) is 31.6 Å². The molecule has 0 saturated heterocycles. The molecule has 2 aromatic rings. The first kappa shape index (κ1) is 13.8. The van der Waals surface area contributed by atoms with E-state index in [1.165, 1.54) is 11.1 Å². The first-order valence-electron chi connectivity index (χ1n) is 7.43. The normalized spacial score (nSPS) is 13.8. The molecular formula is C16H20N4O. The van der Waals surface area contributed by atoms with Gasteiger partial charge < -0.3 is 15.2 Å². The molecular weight excluding hydrogens is 264 g/mol. The monoisotopic (exact) mass is 284 g/mol. The number of anilines is 2. The molecule has 1 aromatic carbocycles. The lowest BCUT2D eigenvalue weighted by Crippen LogP contribution is -2.26. The molecule has 0 fully saturated rings. The summed E-state index contributed by atoms with van der Waals surface area (Å²) in [6, 6.07) is 6.16. The van der Waals surface area contributed by atoms with E-state index in [4.69, 9.17) is 0 Å². The number of benzene rings is 1. The molecule has 2 heterocycles. The number of aryl methyl sites for hydroxylation is 1. The summed E-state index contributed by atoms with van der Waals surface area (Å²) in [4.78, 5) is 16.6. The molecule has 0 unspecified atom stereocenters. The molecule has 0 radical (unpaired) electrons. The summed E-state index contributed by atoms with van der Waals surface area (Å²) in [6.07, 6.45) is 5.31. The Morgan fingerprint density at radius 2 is 2.33 bits per heavy atom. The Morgan fingerprint density at radius 3 is 3.19 bits per heavy atom. The second-order valence-electron chi connectivity index (χ2n) is 5.27. The van der Waals surface area contributed by atoms with Gasteiger partial charge in [0.15, 0.2) is 5.82 Å². The number of nitrogens with one attached hydrogen (secondary N) is 2. The predicted octanol–water partition coefficient (Wildman–Crippen LogP) is 2.04. The Bertz CT molecular complexity index is 693. The van der Waals surface area contributed by atoms with Crippen molar-refractivity contribution in [3.05, 3.63) is 52.1 Å². The highest BCUT2D eigenvalue weighted by Gasteiger charge is 2.14. The molecule has 0 saturated carbocycles. The molecule has 5 heteroatoms. The molecule has 1 aliphatic heterocycles. The Morgan fingerprint density at radius 1 is 1.43 bits per heavy atom. The standard InChI is InChI=1S/C16H20N4O/c1-2-9-20-10-8-18-15(16(20)21)19-14-5-3-4-12-11-17-7-6-13(12)14/h3-5,8,10,17H,2,6-7,9,11H2,1H3,(H,18,19). The topological polar surface area (TPSA) is 59.0 Å². The molecule has 3 rings (SSSR count). The zero-order valence-electron chi connectivity index (χ0n) is 12.2. The van der Waals surface area contributed by atoms with Crippen molar-refractivity contribution in [1.82, 2.24) is 14.9 Å². The lowest BCUT2D eigenvalue weighted by molar-refractivity contribution is 0.644. The van der Waals surface area contributed by atoms with Crippen LogP contribution in [0.5, 0.6) is 0 Å². The van der Waals surface area contributed by atoms with Gasteiger partial charge in [-0.2, -0.15) is 0 Å². The van der Waals surface area contributed by atoms with E-state index in [-0.39, 0.29) is 5.56 Å². The van der Waals surface area contributed by atoms with Crippen LogP contribution < -0.4 is 16.2 Å². The maximum absolute atomic E-state index is 12.4. The van der Waals surface area contributed by atoms with Gasteiger partial charge in [-0.3, -0.25) is 4.79 Å². The van der Waals surface area contributed by atoms with E-state index < -0.39 is 0 Å². The zero-order chi connectivity index (χ0) is 14.7. The second-order valence-corrected chi connectivity index (χ2v) is 5.27. The number of hydrogen-bond donors (Lipinski definition) is 2. The molecule has 0 spiro atoms. The predicted molar refractivity (Wildman–Crippen MR) is 83.9 cm³/mol. The molecule has 0 amide bonds. The number of rotatable bonds is 4. The van der Waals surface area contributed by atoms with Crippen LogP contribution in [0.2, 0.25) is 0 Å². The fourth-order valence-corrected chi connectivity index (χ4v) is 2.73. The smallest absolute Gasteiger partial charge is 0.293 e. The largest absolute Gasteiger partial charge is 0.335 e. The van der Waals surface area contributed by atoms with Crippen LogP contribution in [0.25, 0.3) is 0 Å². The van der Waals surface area contributed by atoms with Crippen LogP contribution in [0, 0.1) is 0 Å². The number of hydrogen-bond acceptors (Lipinski definition) is 4. The highest BCUT2D eigenvalue weighted by molar-refractivity contribution is 5.62. The molecule has 21 heavy (non-hydrogen) atoms. The number of aromatic nitrogens is 2. The van der Waals surface area contributed by atoms with Crippen molar-refractivity contribution < 1.29 is 0 Å². The lowest BCUT2D eigenvalue weighted by atomic mass is 9.99. The lowest BCUT2D eigenvalue weighted by Gasteiger charge is -2.20. The average molecular weight is 284 g/mol. The quantitative estimate of drug-likeness (QED) is 0.902. The molecule has 0 bridgehead atoms. The van der Waals surface area contributed by atoms with Gasteiger partial charge in [0.05, 0.1) is 0 Å². The van der Waals surface area contributed by atoms with Gasteiger partial charge in [0.25, 0.3) is 5.56 Å². The van der Waals surface area contributed by atoms with E-state index in [2.05, 4.69) is 28.6 Å². The van der Waals surface area contributed by atoms with E-state index in [0.29, 0.717) is 12.4 Å². The van der Waals surface area contributed by atoms with E-state index in [9.17, 15) is 4.79 Å². The Hall–Kier alpha value is -2.14. The maximum Gasteiger partial charge on any atom is 0.293 e. The van der Waals surface area contributed by atoms with Gasteiger partial charge in [-0.1, -0.05) is 19.1 Å². The van der Waals surface area contributed by atoms with Crippen molar-refractivity contribution in [2.24, 2.45) is 0 Å². The van der Waals surface area contributed by atoms with Crippen LogP contribution in [0.1, 0.15) is 24.5 Å². The Labute approximate surface area is 124 Å². The van der Waals surface area contributed by atoms with Gasteiger partial charge in [-0.05, 0) is 36.6 Å². The van der Waals surface area contributed by atoms with Gasteiger partial charge in [0, 0.05) is 31.2 Å². The van der Waals surface area contributed by atoms with Gasteiger partial charge in [-0.25, -0.2) is 4.98 Å². The van der Waals surface area contributed by atoms with E-state index >= 15 is 0 Å². The fraction of sp³-hybridized carbons (Fsp3) is 0.375. The van der Waals surface area contributed by atoms with Crippen molar-refractivity contribution in [3.8, 4) is 0 Å². The van der Waals surface area contributed by atoms with Crippen molar-refractivity contribution >= 4 is 11.5 Å². The van der Waals surface area contributed by atoms with Crippen LogP contribution in [-0.4, -0.2) is 16.1 Å². The van der Waals surface area contributed by atoms with Crippen molar-refractivity contribution in [3.63, 3.8) is 0 Å². The Kier molecular flexibility index (Phi) is 4.01. The molecule has 110 valence electrons. The van der Waals surface area contributed by atoms with Crippen LogP contribution >= 0.6 is 0 Å². The highest BCUT2D eigenvalue weighted by atomic mass is 16.1. The minimum Gasteiger partial charge on any atom is -0.335 e. The summed E-state index contributed by atoms with van der Waals surface area (Å²) in [5.74, 6) is 0.401. The summed E-state index contributed by atoms with van der Waals surface area (Å²) in [7, 11) is 0. The van der Waals surface area contributed by atoms with E-state index in [1.807, 2.05) is 12.1 Å². The SMILES string of the molecule is CCCn1ccnc(Nc2cccc3c2CCNC3)c1=O. The summed E-state index contributed by atoms with van der Waals surface area (Å²) in [5.41, 5.74) is 3.50. The first-order valence-corrected chi connectivity index (χ1v) is 7.43. The summed E-state index contributed by atoms with van der Waals surface area (Å²) in [5, 5.41) is 6.59. The van der Waals surface area contributed by atoms with Gasteiger partial charge in [0.1, 0.15) is 0 Å². The minimum absolute atomic E-state index is 0.0640. The van der Waals surface area contributed by atoms with Crippen LogP contribution in [0.15, 0.2) is 35.4 Å². The van der Waals surface area contributed by atoms with Crippen molar-refractivity contribution in [2.45, 2.75) is 32.9 Å². The fourth-order valence-electron chi connectivity index (χ4n) is 2.73. The van der Waals surface area contributed by atoms with Crippen LogP contribution in [0.4, 0.5) is 11.5 Å². The van der Waals surface area contributed by atoms with Crippen molar-refractivity contribution in [2.75, 3.05) is 11.9 Å². The average Bonchev–Trinajstić information content (AvgIpc) is 2.52. The van der Waals surface area contributed by atoms with Gasteiger partial charge >= 0.3 is 0 Å². The second kappa shape index (κ2) is 6.10. The third-order valence-electron chi connectivity index (χ3n) is 3.77. The maximum atomic E-state index is 12.4. The van der Waals surface area contributed by atoms with Crippen LogP contribution in [-0.2, 0) is 19.5 Å². The summed E-state index contributed by atoms with van der Waals surface area (Å²) in [6.45, 7) is 4.62. The van der Waals surface area contributed by atoms with Crippen LogP contribution in [0.3, 0.4) is 0 Å². The summed E-state index contributed by atoms with van der Waals surface area (Å²) >= 11 is 0. The third kappa shape index (κ3) is 2.83.